The van der Waals surface area contributed by atoms with Crippen molar-refractivity contribution in [3.05, 3.63) is 33.9 Å². The first-order valence-electron chi connectivity index (χ1n) is 13.4. The van der Waals surface area contributed by atoms with E-state index in [4.69, 9.17) is 14.2 Å². The second kappa shape index (κ2) is 10.4. The fraction of sp³-hybridized carbons (Fsp3) is 0.552. The number of carbonyl (C=O) groups is 4. The van der Waals surface area contributed by atoms with Gasteiger partial charge >= 0.3 is 0 Å². The number of carbonyl (C=O) groups excluding carboxylic acids is 4. The molecule has 4 unspecified atom stereocenters. The van der Waals surface area contributed by atoms with E-state index >= 15 is 0 Å². The van der Waals surface area contributed by atoms with Crippen molar-refractivity contribution in [3.8, 4) is 17.6 Å². The molecule has 0 radical (unpaired) electrons. The maximum atomic E-state index is 13.5. The molecular formula is C29H34N4O7. The minimum absolute atomic E-state index is 0.00557. The van der Waals surface area contributed by atoms with E-state index in [1.807, 2.05) is 18.9 Å². The summed E-state index contributed by atoms with van der Waals surface area (Å²) in [5.41, 5.74) is 3.20. The lowest BCUT2D eigenvalue weighted by atomic mass is 9.68. The van der Waals surface area contributed by atoms with Gasteiger partial charge < -0.3 is 19.5 Å². The van der Waals surface area contributed by atoms with Crippen LogP contribution in [0.1, 0.15) is 43.0 Å². The van der Waals surface area contributed by atoms with Gasteiger partial charge in [-0.15, -0.1) is 0 Å². The third-order valence-corrected chi connectivity index (χ3v) is 8.85. The van der Waals surface area contributed by atoms with Crippen molar-refractivity contribution in [2.45, 2.75) is 63.8 Å². The Balaban J connectivity index is 1.75. The number of nitriles is 1. The first kappa shape index (κ1) is 28.0. The number of hydrogen-bond acceptors (Lipinski definition) is 10. The average molecular weight is 551 g/mol. The van der Waals surface area contributed by atoms with Gasteiger partial charge in [0.05, 0.1) is 31.2 Å². The molecule has 1 amide bonds. The Kier molecular flexibility index (Phi) is 7.29. The maximum Gasteiger partial charge on any atom is 0.227 e. The molecule has 3 aliphatic heterocycles. The fourth-order valence-electron chi connectivity index (χ4n) is 7.15. The quantitative estimate of drug-likeness (QED) is 0.310. The van der Waals surface area contributed by atoms with E-state index in [9.17, 15) is 24.4 Å². The SMILES string of the molecule is COCOc1c(OC)c(C)cc2c1C1C3CC4=C(C(=O)C(=O)C(C)C4=O)[C@H](CNC(C)=O)N3[C@@H](C#N)C(C2)N1C. The molecule has 0 spiro atoms. The summed E-state index contributed by atoms with van der Waals surface area (Å²) in [5.74, 6) is -2.11. The van der Waals surface area contributed by atoms with Gasteiger partial charge in [0.25, 0.3) is 0 Å². The van der Waals surface area contributed by atoms with Crippen LogP contribution in [-0.2, 0) is 30.3 Å². The van der Waals surface area contributed by atoms with E-state index in [-0.39, 0.29) is 49.1 Å². The number of methoxy groups -OCH3 is 2. The number of aryl methyl sites for hydroxylation is 1. The molecule has 11 nitrogen and oxygen atoms in total. The summed E-state index contributed by atoms with van der Waals surface area (Å²) < 4.78 is 17.1. The Bertz CT molecular complexity index is 1380. The van der Waals surface area contributed by atoms with Crippen LogP contribution in [0.4, 0.5) is 0 Å². The van der Waals surface area contributed by atoms with Gasteiger partial charge in [-0.25, -0.2) is 0 Å². The molecule has 2 bridgehead atoms. The van der Waals surface area contributed by atoms with E-state index in [0.717, 1.165) is 16.7 Å². The summed E-state index contributed by atoms with van der Waals surface area (Å²) >= 11 is 0. The molecule has 1 aromatic carbocycles. The number of nitrogens with zero attached hydrogens (tertiary/aromatic N) is 3. The highest BCUT2D eigenvalue weighted by atomic mass is 16.7. The van der Waals surface area contributed by atoms with Crippen LogP contribution in [0.2, 0.25) is 0 Å². The number of piperazine rings is 1. The zero-order valence-electron chi connectivity index (χ0n) is 23.6. The average Bonchev–Trinajstić information content (AvgIpc) is 2.92. The fourth-order valence-corrected chi connectivity index (χ4v) is 7.15. The third-order valence-electron chi connectivity index (χ3n) is 8.85. The molecule has 4 aliphatic rings. The minimum atomic E-state index is -1.07. The number of Topliss-reactive ketones (excluding diaryl/α,β-unsaturated/α-hetero) is 3. The molecule has 1 aromatic rings. The summed E-state index contributed by atoms with van der Waals surface area (Å²) in [4.78, 5) is 55.8. The van der Waals surface area contributed by atoms with Gasteiger partial charge in [0.15, 0.2) is 24.1 Å². The number of hydrogen-bond donors (Lipinski definition) is 1. The van der Waals surface area contributed by atoms with Gasteiger partial charge in [-0.3, -0.25) is 29.0 Å². The van der Waals surface area contributed by atoms with Gasteiger partial charge in [0, 0.05) is 49.4 Å². The standard InChI is InChI=1S/C29H34N4O7/c1-13-7-16-8-18-20(10-30)33-19(24(32(18)4)22(16)29(28(13)39-6)40-12-38-5)9-17-23(21(33)11-31-15(3)34)27(37)26(36)14(2)25(17)35/h7,14,18-21,24H,8-9,11-12H2,1-6H3,(H,31,34)/t14?,18?,19?,20-,21-,24?/m0/s1. The van der Waals surface area contributed by atoms with E-state index in [2.05, 4.69) is 22.4 Å². The van der Waals surface area contributed by atoms with Gasteiger partial charge in [-0.05, 0) is 44.9 Å². The molecule has 0 aromatic heterocycles. The van der Waals surface area contributed by atoms with Crippen LogP contribution in [0.3, 0.4) is 0 Å². The molecule has 6 atom stereocenters. The Morgan fingerprint density at radius 3 is 2.50 bits per heavy atom. The third kappa shape index (κ3) is 4.05. The highest BCUT2D eigenvalue weighted by Gasteiger charge is 2.58. The first-order chi connectivity index (χ1) is 19.1. The molecule has 11 heteroatoms. The summed E-state index contributed by atoms with van der Waals surface area (Å²) in [6, 6.07) is 2.00. The number of fused-ring (bicyclic) bond motifs is 6. The lowest BCUT2D eigenvalue weighted by molar-refractivity contribution is -0.143. The highest BCUT2D eigenvalue weighted by molar-refractivity contribution is 6.51. The molecule has 1 aliphatic carbocycles. The van der Waals surface area contributed by atoms with Crippen molar-refractivity contribution in [2.75, 3.05) is 34.6 Å². The summed E-state index contributed by atoms with van der Waals surface area (Å²) in [7, 11) is 5.07. The summed E-state index contributed by atoms with van der Waals surface area (Å²) in [5, 5.41) is 13.3. The second-order valence-electron chi connectivity index (χ2n) is 11.0. The van der Waals surface area contributed by atoms with Crippen LogP contribution in [0.15, 0.2) is 17.2 Å². The lowest BCUT2D eigenvalue weighted by Crippen LogP contribution is -2.71. The van der Waals surface area contributed by atoms with Crippen molar-refractivity contribution in [1.82, 2.24) is 15.1 Å². The van der Waals surface area contributed by atoms with Crippen LogP contribution in [-0.4, -0.2) is 91.8 Å². The van der Waals surface area contributed by atoms with Crippen molar-refractivity contribution in [3.63, 3.8) is 0 Å². The second-order valence-corrected chi connectivity index (χ2v) is 11.0. The molecule has 212 valence electrons. The van der Waals surface area contributed by atoms with Gasteiger partial charge in [0.2, 0.25) is 17.5 Å². The molecule has 0 saturated carbocycles. The Morgan fingerprint density at radius 2 is 1.88 bits per heavy atom. The van der Waals surface area contributed by atoms with Crippen LogP contribution < -0.4 is 14.8 Å². The van der Waals surface area contributed by atoms with Crippen molar-refractivity contribution in [2.24, 2.45) is 5.92 Å². The van der Waals surface area contributed by atoms with E-state index in [1.165, 1.54) is 21.0 Å². The van der Waals surface area contributed by atoms with Gasteiger partial charge in [-0.2, -0.15) is 5.26 Å². The Hall–Kier alpha value is -3.59. The van der Waals surface area contributed by atoms with Crippen LogP contribution in [0.5, 0.6) is 11.5 Å². The zero-order chi connectivity index (χ0) is 29.0. The smallest absolute Gasteiger partial charge is 0.227 e. The number of ether oxygens (including phenoxy) is 3. The van der Waals surface area contributed by atoms with E-state index in [0.29, 0.717) is 23.5 Å². The van der Waals surface area contributed by atoms with Crippen molar-refractivity contribution >= 4 is 23.3 Å². The number of ketones is 3. The van der Waals surface area contributed by atoms with Crippen molar-refractivity contribution < 1.29 is 33.4 Å². The number of rotatable bonds is 6. The monoisotopic (exact) mass is 550 g/mol. The summed E-state index contributed by atoms with van der Waals surface area (Å²) in [6.45, 7) is 4.75. The maximum absolute atomic E-state index is 13.5. The predicted molar refractivity (Wildman–Crippen MR) is 142 cm³/mol. The molecule has 1 saturated heterocycles. The zero-order valence-corrected chi connectivity index (χ0v) is 23.6. The number of likely N-dealkylation sites (N-methyl/N-ethyl adjacent to an activating group) is 1. The summed E-state index contributed by atoms with van der Waals surface area (Å²) in [6.07, 6.45) is 0.701. The molecule has 1 N–H and O–H groups in total. The Labute approximate surface area is 233 Å². The predicted octanol–water partition coefficient (Wildman–Crippen LogP) is 1.02. The topological polar surface area (TPSA) is 138 Å². The minimum Gasteiger partial charge on any atom is -0.493 e. The Morgan fingerprint density at radius 1 is 1.15 bits per heavy atom. The molecule has 3 heterocycles. The van der Waals surface area contributed by atoms with Crippen LogP contribution in [0, 0.1) is 24.2 Å². The normalized spacial score (nSPS) is 29.8. The largest absolute Gasteiger partial charge is 0.493 e. The molecule has 40 heavy (non-hydrogen) atoms. The first-order valence-corrected chi connectivity index (χ1v) is 13.4. The lowest BCUT2D eigenvalue weighted by Gasteiger charge is -2.60. The highest BCUT2D eigenvalue weighted by Crippen LogP contribution is 2.53. The van der Waals surface area contributed by atoms with Gasteiger partial charge in [0.1, 0.15) is 6.04 Å². The van der Waals surface area contributed by atoms with E-state index in [1.54, 1.807) is 7.11 Å². The van der Waals surface area contributed by atoms with Crippen molar-refractivity contribution in [1.29, 1.82) is 5.26 Å². The number of nitrogens with one attached hydrogen (secondary N) is 1. The number of benzene rings is 1. The molecular weight excluding hydrogens is 516 g/mol. The van der Waals surface area contributed by atoms with Crippen LogP contribution >= 0.6 is 0 Å². The van der Waals surface area contributed by atoms with E-state index < -0.39 is 35.6 Å². The molecule has 5 rings (SSSR count). The molecule has 1 fully saturated rings. The number of amides is 1. The van der Waals surface area contributed by atoms with Crippen LogP contribution in [0.25, 0.3) is 0 Å². The van der Waals surface area contributed by atoms with Gasteiger partial charge in [-0.1, -0.05) is 6.07 Å².